The Kier molecular flexibility index (Phi) is 36.4. The van der Waals surface area contributed by atoms with Gasteiger partial charge in [0.2, 0.25) is 82.7 Å². The molecule has 14 amide bonds. The molecule has 1 aliphatic heterocycles. The van der Waals surface area contributed by atoms with Gasteiger partial charge in [0, 0.05) is 25.6 Å². The minimum absolute atomic E-state index is 0.0299. The molecule has 0 aliphatic carbocycles. The molecule has 11 atom stereocenters. The lowest BCUT2D eigenvalue weighted by Gasteiger charge is -2.31. The molecule has 0 radical (unpaired) electrons. The lowest BCUT2D eigenvalue weighted by atomic mass is 9.98. The van der Waals surface area contributed by atoms with Crippen molar-refractivity contribution >= 4 is 100 Å². The van der Waals surface area contributed by atoms with Crippen molar-refractivity contribution < 1.29 is 82.1 Å². The molecule has 36 heteroatoms. The number of nitrogens with zero attached hydrogens (tertiary/aromatic N) is 2. The van der Waals surface area contributed by atoms with E-state index in [1.165, 1.54) is 29.2 Å². The number of H-pyrrole nitrogens is 1. The summed E-state index contributed by atoms with van der Waals surface area (Å²) in [6.07, 6.45) is 2.85. The van der Waals surface area contributed by atoms with Gasteiger partial charge in [0.25, 0.3) is 0 Å². The van der Waals surface area contributed by atoms with E-state index in [-0.39, 0.29) is 88.6 Å². The third kappa shape index (κ3) is 30.1. The molecule has 528 valence electrons. The number of aromatic amines is 1. The standard InChI is InChI=1S/C58H98N18O17S/c1-29(2)19-37(71-50(84)35(13-14-44(61)78)69-54(88)40(22-32-25-64-28-66-32)67-47(81)26-65-48(82)33(60)27-77)51(85)72-38(20-30(3)4)52(86)73-39(21-31(5)6)53(87)74-41(23-45(62)79)55(89)68-34(11-8-9-16-59)49(83)70-36(15-18-94-7)57(91)76-17-10-12-43(76)56(90)75-42(58(92)93)24-46(63)80/h25,28-31,33-43,77H,8-24,26-27,59-60H2,1-7H3,(H2,61,78)(H2,62,79)(H2,63,80)(H,64,66)(H,65,82)(H,67,81)(H,68,89)(H,69,88)(H,70,83)(H,71,84)(H,72,85)(H,73,86)(H,74,87)(H,75,90)(H,92,93)/t33-,34-,35-,36-,37-,38-,39-,40-,41-,42-,43-/m0/s1. The largest absolute Gasteiger partial charge is 0.480 e. The third-order valence-electron chi connectivity index (χ3n) is 14.6. The van der Waals surface area contributed by atoms with Crippen LogP contribution in [0.15, 0.2) is 12.5 Å². The minimum Gasteiger partial charge on any atom is -0.480 e. The van der Waals surface area contributed by atoms with Gasteiger partial charge in [0.05, 0.1) is 38.0 Å². The highest BCUT2D eigenvalue weighted by Gasteiger charge is 2.41. The number of amides is 14. The zero-order chi connectivity index (χ0) is 70.9. The molecule has 1 aliphatic rings. The van der Waals surface area contributed by atoms with Gasteiger partial charge in [-0.25, -0.2) is 9.78 Å². The van der Waals surface area contributed by atoms with Crippen LogP contribution in [0.4, 0.5) is 0 Å². The Bertz CT molecular complexity index is 2760. The summed E-state index contributed by atoms with van der Waals surface area (Å²) < 4.78 is 0. The first-order chi connectivity index (χ1) is 44.2. The molecule has 1 aromatic heterocycles. The van der Waals surface area contributed by atoms with Gasteiger partial charge in [-0.1, -0.05) is 41.5 Å². The van der Waals surface area contributed by atoms with Crippen molar-refractivity contribution in [2.75, 3.05) is 38.2 Å². The van der Waals surface area contributed by atoms with Crippen LogP contribution in [0.2, 0.25) is 0 Å². The quantitative estimate of drug-likeness (QED) is 0.0270. The van der Waals surface area contributed by atoms with Crippen LogP contribution in [-0.4, -0.2) is 218 Å². The number of carbonyl (C=O) groups is 15. The molecule has 1 fully saturated rings. The summed E-state index contributed by atoms with van der Waals surface area (Å²) in [5.74, 6) is -14.9. The highest BCUT2D eigenvalue weighted by molar-refractivity contribution is 7.98. The number of nitrogens with two attached hydrogens (primary N) is 5. The van der Waals surface area contributed by atoms with E-state index in [2.05, 4.69) is 63.1 Å². The fourth-order valence-electron chi connectivity index (χ4n) is 9.86. The van der Waals surface area contributed by atoms with Crippen LogP contribution >= 0.6 is 11.8 Å². The average molecular weight is 1350 g/mol. The molecule has 1 saturated heterocycles. The lowest BCUT2D eigenvalue weighted by molar-refractivity contribution is -0.146. The van der Waals surface area contributed by atoms with Gasteiger partial charge in [-0.3, -0.25) is 67.1 Å². The summed E-state index contributed by atoms with van der Waals surface area (Å²) in [5, 5.41) is 43.9. The molecule has 0 bridgehead atoms. The van der Waals surface area contributed by atoms with Crippen LogP contribution < -0.4 is 81.8 Å². The number of carboxylic acid groups (broad SMARTS) is 1. The second-order valence-electron chi connectivity index (χ2n) is 24.2. The van der Waals surface area contributed by atoms with Crippen molar-refractivity contribution in [1.29, 1.82) is 0 Å². The van der Waals surface area contributed by atoms with E-state index < -0.39 is 188 Å². The van der Waals surface area contributed by atoms with Crippen LogP contribution in [0, 0.1) is 17.8 Å². The van der Waals surface area contributed by atoms with Crippen LogP contribution in [0.5, 0.6) is 0 Å². The number of hydrogen-bond acceptors (Lipinski definition) is 20. The number of likely N-dealkylation sites (tertiary alicyclic amines) is 1. The number of rotatable bonds is 45. The molecule has 0 saturated carbocycles. The number of primary amides is 3. The Morgan fingerprint density at radius 3 is 1.52 bits per heavy atom. The van der Waals surface area contributed by atoms with Crippen LogP contribution in [0.3, 0.4) is 0 Å². The summed E-state index contributed by atoms with van der Waals surface area (Å²) in [5.41, 5.74) is 27.8. The first kappa shape index (κ1) is 81.6. The summed E-state index contributed by atoms with van der Waals surface area (Å²) in [6.45, 7) is 9.27. The minimum atomic E-state index is -1.76. The van der Waals surface area contributed by atoms with Crippen molar-refractivity contribution in [3.63, 3.8) is 0 Å². The highest BCUT2D eigenvalue weighted by atomic mass is 32.2. The second kappa shape index (κ2) is 41.9. The second-order valence-corrected chi connectivity index (χ2v) is 25.2. The number of imidazole rings is 1. The van der Waals surface area contributed by atoms with E-state index >= 15 is 0 Å². The smallest absolute Gasteiger partial charge is 0.326 e. The maximum atomic E-state index is 14.5. The molecule has 2 heterocycles. The predicted octanol–water partition coefficient (Wildman–Crippen LogP) is -6.14. The number of nitrogens with one attached hydrogen (secondary N) is 11. The Morgan fingerprint density at radius 2 is 1.06 bits per heavy atom. The zero-order valence-electron chi connectivity index (χ0n) is 54.4. The van der Waals surface area contributed by atoms with Crippen molar-refractivity contribution in [2.45, 2.75) is 198 Å². The molecule has 0 unspecified atom stereocenters. The maximum absolute atomic E-state index is 14.5. The zero-order valence-corrected chi connectivity index (χ0v) is 55.2. The third-order valence-corrected chi connectivity index (χ3v) is 15.3. The first-order valence-corrected chi connectivity index (χ1v) is 32.5. The SMILES string of the molecule is CSCC[C@H](NC(=O)[C@H](CCCCN)NC(=O)[C@H](CC(N)=O)NC(=O)[C@H](CC(C)C)NC(=O)[C@H](CC(C)C)NC(=O)[C@H](CC(C)C)NC(=O)[C@H](CCC(N)=O)NC(=O)[C@H](Cc1c[nH]cn1)NC(=O)CNC(=O)[C@@H](N)CO)C(=O)N1CCC[C@H]1C(=O)N[C@@H](CC(N)=O)C(=O)O. The Morgan fingerprint density at radius 1 is 0.596 bits per heavy atom. The Balaban J connectivity index is 2.45. The summed E-state index contributed by atoms with van der Waals surface area (Å²) in [7, 11) is 0. The highest BCUT2D eigenvalue weighted by Crippen LogP contribution is 2.21. The van der Waals surface area contributed by atoms with Gasteiger partial charge < -0.3 is 102 Å². The number of aliphatic carboxylic acids is 1. The molecule has 35 nitrogen and oxygen atoms in total. The number of carboxylic acids is 1. The van der Waals surface area contributed by atoms with Gasteiger partial charge in [-0.2, -0.15) is 11.8 Å². The Labute approximate surface area is 549 Å². The van der Waals surface area contributed by atoms with Gasteiger partial charge >= 0.3 is 5.97 Å². The van der Waals surface area contributed by atoms with Gasteiger partial charge in [-0.15, -0.1) is 0 Å². The van der Waals surface area contributed by atoms with Crippen LogP contribution in [0.1, 0.15) is 131 Å². The van der Waals surface area contributed by atoms with Crippen LogP contribution in [-0.2, 0) is 78.3 Å². The monoisotopic (exact) mass is 1350 g/mol. The molecule has 2 rings (SSSR count). The van der Waals surface area contributed by atoms with Crippen molar-refractivity contribution in [2.24, 2.45) is 46.4 Å². The predicted molar refractivity (Wildman–Crippen MR) is 340 cm³/mol. The topological polar surface area (TPSA) is 579 Å². The molecular weight excluding hydrogens is 1250 g/mol. The van der Waals surface area contributed by atoms with Gasteiger partial charge in [0.15, 0.2) is 0 Å². The summed E-state index contributed by atoms with van der Waals surface area (Å²) in [4.78, 5) is 209. The number of thioether (sulfide) groups is 1. The number of aliphatic hydroxyl groups is 1. The average Bonchev–Trinajstić information content (AvgIpc) is 1.55. The fraction of sp³-hybridized carbons (Fsp3) is 0.690. The Hall–Kier alpha value is -8.51. The van der Waals surface area contributed by atoms with E-state index in [9.17, 15) is 82.1 Å². The van der Waals surface area contributed by atoms with E-state index in [1.807, 2.05) is 0 Å². The molecule has 0 spiro atoms. The van der Waals surface area contributed by atoms with Crippen molar-refractivity contribution in [3.05, 3.63) is 18.2 Å². The number of hydrogen-bond donors (Lipinski definition) is 18. The summed E-state index contributed by atoms with van der Waals surface area (Å²) >= 11 is 1.34. The number of carbonyl (C=O) groups excluding carboxylic acids is 14. The van der Waals surface area contributed by atoms with E-state index in [0.717, 1.165) is 0 Å². The fourth-order valence-corrected chi connectivity index (χ4v) is 10.3. The number of aromatic nitrogens is 2. The molecular formula is C58H98N18O17S. The van der Waals surface area contributed by atoms with Gasteiger partial charge in [-0.05, 0) is 101 Å². The van der Waals surface area contributed by atoms with E-state index in [1.54, 1.807) is 47.8 Å². The molecule has 23 N–H and O–H groups in total. The van der Waals surface area contributed by atoms with Crippen LogP contribution in [0.25, 0.3) is 0 Å². The molecule has 1 aromatic rings. The van der Waals surface area contributed by atoms with Crippen molar-refractivity contribution in [3.8, 4) is 0 Å². The normalized spacial score (nSPS) is 16.1. The molecule has 94 heavy (non-hydrogen) atoms. The van der Waals surface area contributed by atoms with E-state index in [4.69, 9.17) is 28.7 Å². The first-order valence-electron chi connectivity index (χ1n) is 31.1. The summed E-state index contributed by atoms with van der Waals surface area (Å²) in [6, 6.07) is -15.9. The van der Waals surface area contributed by atoms with Crippen molar-refractivity contribution in [1.82, 2.24) is 68.0 Å². The van der Waals surface area contributed by atoms with Gasteiger partial charge in [0.1, 0.15) is 66.5 Å². The molecule has 0 aromatic carbocycles. The lowest BCUT2D eigenvalue weighted by Crippen LogP contribution is -2.61. The maximum Gasteiger partial charge on any atom is 0.326 e. The number of aliphatic hydroxyl groups excluding tert-OH is 1. The van der Waals surface area contributed by atoms with E-state index in [0.29, 0.717) is 24.3 Å². The number of unbranched alkanes of at least 4 members (excludes halogenated alkanes) is 1.